The number of phenolic OH excluding ortho intramolecular Hbond substituents is 1. The molecule has 4 rings (SSSR count). The van der Waals surface area contributed by atoms with Crippen LogP contribution in [0.15, 0.2) is 73.1 Å². The van der Waals surface area contributed by atoms with Crippen LogP contribution in [0.2, 0.25) is 0 Å². The number of hydrogen-bond donors (Lipinski definition) is 1. The Hall–Kier alpha value is -3.14. The number of imidazole rings is 1. The van der Waals surface area contributed by atoms with E-state index in [9.17, 15) is 5.11 Å². The summed E-state index contributed by atoms with van der Waals surface area (Å²) in [6, 6.07) is 19.1. The van der Waals surface area contributed by atoms with Crippen LogP contribution in [0.1, 0.15) is 0 Å². The standard InChI is InChI=1S/C18H13N3O/c22-15-6-7-16-17(12-15)21(14-4-2-1-3-5-14)18(20-16)13-8-10-19-11-9-13/h1-12,22H. The molecule has 4 aromatic rings. The van der Waals surface area contributed by atoms with Gasteiger partial charge < -0.3 is 5.11 Å². The van der Waals surface area contributed by atoms with Crippen LogP contribution in [0.3, 0.4) is 0 Å². The topological polar surface area (TPSA) is 50.9 Å². The van der Waals surface area contributed by atoms with Crippen molar-refractivity contribution < 1.29 is 5.11 Å². The van der Waals surface area contributed by atoms with Gasteiger partial charge >= 0.3 is 0 Å². The molecule has 22 heavy (non-hydrogen) atoms. The summed E-state index contributed by atoms with van der Waals surface area (Å²) < 4.78 is 2.05. The number of pyridine rings is 1. The maximum absolute atomic E-state index is 9.83. The Labute approximate surface area is 127 Å². The van der Waals surface area contributed by atoms with E-state index in [1.165, 1.54) is 0 Å². The SMILES string of the molecule is Oc1ccc2nc(-c3ccncc3)n(-c3ccccc3)c2c1. The van der Waals surface area contributed by atoms with E-state index in [4.69, 9.17) is 4.98 Å². The van der Waals surface area contributed by atoms with E-state index in [1.807, 2.05) is 53.1 Å². The summed E-state index contributed by atoms with van der Waals surface area (Å²) in [6.07, 6.45) is 3.50. The van der Waals surface area contributed by atoms with Crippen LogP contribution in [-0.2, 0) is 0 Å². The number of rotatable bonds is 2. The van der Waals surface area contributed by atoms with E-state index in [0.29, 0.717) is 0 Å². The molecule has 0 aliphatic heterocycles. The molecule has 2 heterocycles. The molecule has 106 valence electrons. The predicted octanol–water partition coefficient (Wildman–Crippen LogP) is 3.79. The molecule has 0 unspecified atom stereocenters. The summed E-state index contributed by atoms with van der Waals surface area (Å²) in [4.78, 5) is 8.79. The molecule has 0 bridgehead atoms. The van der Waals surface area contributed by atoms with Gasteiger partial charge in [0, 0.05) is 29.7 Å². The first-order valence-electron chi connectivity index (χ1n) is 7.00. The highest BCUT2D eigenvalue weighted by Crippen LogP contribution is 2.30. The molecular formula is C18H13N3O. The van der Waals surface area contributed by atoms with Gasteiger partial charge in [-0.1, -0.05) is 18.2 Å². The molecule has 0 saturated heterocycles. The zero-order valence-electron chi connectivity index (χ0n) is 11.7. The monoisotopic (exact) mass is 287 g/mol. The van der Waals surface area contributed by atoms with Gasteiger partial charge in [-0.25, -0.2) is 4.98 Å². The van der Waals surface area contributed by atoms with Crippen LogP contribution < -0.4 is 0 Å². The van der Waals surface area contributed by atoms with E-state index in [0.717, 1.165) is 28.1 Å². The molecule has 0 fully saturated rings. The number of aromatic hydroxyl groups is 1. The second kappa shape index (κ2) is 5.00. The van der Waals surface area contributed by atoms with Crippen molar-refractivity contribution in [2.24, 2.45) is 0 Å². The van der Waals surface area contributed by atoms with Crippen LogP contribution in [0.4, 0.5) is 0 Å². The number of hydrogen-bond acceptors (Lipinski definition) is 3. The Morgan fingerprint density at radius 2 is 1.64 bits per heavy atom. The van der Waals surface area contributed by atoms with Crippen molar-refractivity contribution in [2.75, 3.05) is 0 Å². The zero-order chi connectivity index (χ0) is 14.9. The Bertz CT molecular complexity index is 931. The van der Waals surface area contributed by atoms with Crippen molar-refractivity contribution >= 4 is 11.0 Å². The van der Waals surface area contributed by atoms with Gasteiger partial charge in [0.1, 0.15) is 11.6 Å². The van der Waals surface area contributed by atoms with Crippen molar-refractivity contribution in [3.63, 3.8) is 0 Å². The minimum atomic E-state index is 0.228. The number of benzene rings is 2. The van der Waals surface area contributed by atoms with Crippen LogP contribution in [0, 0.1) is 0 Å². The van der Waals surface area contributed by atoms with Crippen molar-refractivity contribution in [1.29, 1.82) is 0 Å². The number of aromatic nitrogens is 3. The van der Waals surface area contributed by atoms with Gasteiger partial charge in [-0.3, -0.25) is 9.55 Å². The first kappa shape index (κ1) is 12.6. The van der Waals surface area contributed by atoms with Crippen LogP contribution in [0.5, 0.6) is 5.75 Å². The Morgan fingerprint density at radius 1 is 0.864 bits per heavy atom. The summed E-state index contributed by atoms with van der Waals surface area (Å²) in [6.45, 7) is 0. The van der Waals surface area contributed by atoms with Crippen LogP contribution in [0.25, 0.3) is 28.1 Å². The minimum absolute atomic E-state index is 0.228. The van der Waals surface area contributed by atoms with Gasteiger partial charge in [-0.2, -0.15) is 0 Å². The number of fused-ring (bicyclic) bond motifs is 1. The normalized spacial score (nSPS) is 10.9. The summed E-state index contributed by atoms with van der Waals surface area (Å²) in [5.41, 5.74) is 3.70. The summed E-state index contributed by atoms with van der Waals surface area (Å²) in [5, 5.41) is 9.83. The largest absolute Gasteiger partial charge is 0.508 e. The van der Waals surface area contributed by atoms with Gasteiger partial charge in [0.2, 0.25) is 0 Å². The lowest BCUT2D eigenvalue weighted by molar-refractivity contribution is 0.476. The quantitative estimate of drug-likeness (QED) is 0.610. The molecule has 0 spiro atoms. The first-order chi connectivity index (χ1) is 10.8. The van der Waals surface area contributed by atoms with E-state index in [-0.39, 0.29) is 5.75 Å². The van der Waals surface area contributed by atoms with Crippen LogP contribution >= 0.6 is 0 Å². The fourth-order valence-electron chi connectivity index (χ4n) is 2.60. The molecular weight excluding hydrogens is 274 g/mol. The highest BCUT2D eigenvalue weighted by atomic mass is 16.3. The average molecular weight is 287 g/mol. The van der Waals surface area contributed by atoms with Gasteiger partial charge in [-0.15, -0.1) is 0 Å². The number of para-hydroxylation sites is 1. The average Bonchev–Trinajstić information content (AvgIpc) is 2.95. The molecule has 2 aromatic heterocycles. The molecule has 4 nitrogen and oxygen atoms in total. The second-order valence-electron chi connectivity index (χ2n) is 5.02. The summed E-state index contributed by atoms with van der Waals surface area (Å²) in [5.74, 6) is 1.06. The third-order valence-electron chi connectivity index (χ3n) is 3.59. The van der Waals surface area contributed by atoms with Gasteiger partial charge in [0.25, 0.3) is 0 Å². The first-order valence-corrected chi connectivity index (χ1v) is 7.00. The van der Waals surface area contributed by atoms with E-state index < -0.39 is 0 Å². The van der Waals surface area contributed by atoms with E-state index in [1.54, 1.807) is 24.5 Å². The molecule has 0 aliphatic carbocycles. The lowest BCUT2D eigenvalue weighted by atomic mass is 10.2. The fourth-order valence-corrected chi connectivity index (χ4v) is 2.60. The third kappa shape index (κ3) is 2.02. The zero-order valence-corrected chi connectivity index (χ0v) is 11.7. The Morgan fingerprint density at radius 3 is 2.41 bits per heavy atom. The maximum atomic E-state index is 9.83. The molecule has 0 saturated carbocycles. The number of nitrogens with zero attached hydrogens (tertiary/aromatic N) is 3. The second-order valence-corrected chi connectivity index (χ2v) is 5.02. The molecule has 0 atom stereocenters. The van der Waals surface area contributed by atoms with Crippen molar-refractivity contribution in [1.82, 2.24) is 14.5 Å². The van der Waals surface area contributed by atoms with Crippen LogP contribution in [-0.4, -0.2) is 19.6 Å². The summed E-state index contributed by atoms with van der Waals surface area (Å²) >= 11 is 0. The Balaban J connectivity index is 2.08. The van der Waals surface area contributed by atoms with Crippen molar-refractivity contribution in [3.8, 4) is 22.8 Å². The molecule has 1 N–H and O–H groups in total. The summed E-state index contributed by atoms with van der Waals surface area (Å²) in [7, 11) is 0. The molecule has 0 amide bonds. The highest BCUT2D eigenvalue weighted by molar-refractivity contribution is 5.84. The van der Waals surface area contributed by atoms with Crippen molar-refractivity contribution in [2.45, 2.75) is 0 Å². The molecule has 4 heteroatoms. The maximum Gasteiger partial charge on any atom is 0.145 e. The fraction of sp³-hybridized carbons (Fsp3) is 0. The third-order valence-corrected chi connectivity index (χ3v) is 3.59. The lowest BCUT2D eigenvalue weighted by Crippen LogP contribution is -1.97. The smallest absolute Gasteiger partial charge is 0.145 e. The van der Waals surface area contributed by atoms with Crippen molar-refractivity contribution in [3.05, 3.63) is 73.1 Å². The van der Waals surface area contributed by atoms with Gasteiger partial charge in [0.05, 0.1) is 11.0 Å². The van der Waals surface area contributed by atoms with E-state index >= 15 is 0 Å². The lowest BCUT2D eigenvalue weighted by Gasteiger charge is -2.09. The predicted molar refractivity (Wildman–Crippen MR) is 86.0 cm³/mol. The van der Waals surface area contributed by atoms with E-state index in [2.05, 4.69) is 4.98 Å². The number of phenols is 1. The molecule has 0 aliphatic rings. The van der Waals surface area contributed by atoms with Gasteiger partial charge in [0.15, 0.2) is 0 Å². The Kier molecular flexibility index (Phi) is 2.86. The van der Waals surface area contributed by atoms with Gasteiger partial charge in [-0.05, 0) is 36.4 Å². The molecule has 0 radical (unpaired) electrons. The highest BCUT2D eigenvalue weighted by Gasteiger charge is 2.14. The minimum Gasteiger partial charge on any atom is -0.508 e. The molecule has 2 aromatic carbocycles.